The molecule has 1 aromatic rings. The van der Waals surface area contributed by atoms with Gasteiger partial charge in [-0.3, -0.25) is 10.2 Å². The van der Waals surface area contributed by atoms with E-state index in [0.29, 0.717) is 17.9 Å². The molecule has 0 unspecified atom stereocenters. The van der Waals surface area contributed by atoms with Crippen molar-refractivity contribution >= 4 is 21.8 Å². The highest BCUT2D eigenvalue weighted by Gasteiger charge is 2.19. The second kappa shape index (κ2) is 7.80. The molecule has 0 bridgehead atoms. The summed E-state index contributed by atoms with van der Waals surface area (Å²) in [6.07, 6.45) is 0.292. The van der Waals surface area contributed by atoms with E-state index >= 15 is 0 Å². The van der Waals surface area contributed by atoms with Gasteiger partial charge in [-0.05, 0) is 17.7 Å². The molecule has 1 amide bonds. The first kappa shape index (κ1) is 17.1. The Labute approximate surface area is 139 Å². The highest BCUT2D eigenvalue weighted by molar-refractivity contribution is 9.10. The molecule has 1 fully saturated rings. The lowest BCUT2D eigenvalue weighted by atomic mass is 10.1. The standard InChI is InChI=1S/C15H22BrN3O3/c1-18-4-6-19(7-5-18)17-15(20)9-11-8-13(21-2)14(22-3)10-12(11)16/h8,10H,4-7,9H2,1-3H3,(H,17,20)/p+1. The molecule has 7 heteroatoms. The van der Waals surface area contributed by atoms with Gasteiger partial charge in [0.1, 0.15) is 0 Å². The molecule has 22 heavy (non-hydrogen) atoms. The zero-order valence-corrected chi connectivity index (χ0v) is 14.8. The molecular formula is C15H23BrN3O3+. The smallest absolute Gasteiger partial charge is 0.238 e. The fourth-order valence-electron chi connectivity index (χ4n) is 2.42. The molecule has 0 spiro atoms. The maximum atomic E-state index is 12.2. The quantitative estimate of drug-likeness (QED) is 0.755. The minimum Gasteiger partial charge on any atom is -0.493 e. The number of rotatable bonds is 5. The van der Waals surface area contributed by atoms with Crippen molar-refractivity contribution < 1.29 is 19.2 Å². The molecule has 2 rings (SSSR count). The first-order valence-corrected chi connectivity index (χ1v) is 8.09. The number of hydrazine groups is 1. The summed E-state index contributed by atoms with van der Waals surface area (Å²) in [5.41, 5.74) is 3.84. The van der Waals surface area contributed by atoms with Crippen LogP contribution in [0, 0.1) is 0 Å². The van der Waals surface area contributed by atoms with E-state index in [-0.39, 0.29) is 5.91 Å². The monoisotopic (exact) mass is 372 g/mol. The Bertz CT molecular complexity index is 531. The number of methoxy groups -OCH3 is 2. The van der Waals surface area contributed by atoms with E-state index in [1.807, 2.05) is 17.1 Å². The molecule has 122 valence electrons. The van der Waals surface area contributed by atoms with Gasteiger partial charge >= 0.3 is 0 Å². The Morgan fingerprint density at radius 1 is 1.27 bits per heavy atom. The van der Waals surface area contributed by atoms with Crippen LogP contribution in [-0.2, 0) is 11.2 Å². The molecule has 1 aliphatic rings. The van der Waals surface area contributed by atoms with E-state index in [1.54, 1.807) is 14.2 Å². The van der Waals surface area contributed by atoms with E-state index in [9.17, 15) is 4.79 Å². The molecule has 1 saturated heterocycles. The van der Waals surface area contributed by atoms with Crippen LogP contribution in [0.15, 0.2) is 16.6 Å². The van der Waals surface area contributed by atoms with Gasteiger partial charge in [0.2, 0.25) is 5.91 Å². The van der Waals surface area contributed by atoms with Gasteiger partial charge in [-0.1, -0.05) is 15.9 Å². The lowest BCUT2D eigenvalue weighted by Gasteiger charge is -2.30. The fourth-order valence-corrected chi connectivity index (χ4v) is 2.88. The third-order valence-corrected chi connectivity index (χ3v) is 4.54. The van der Waals surface area contributed by atoms with Gasteiger partial charge in [0.05, 0.1) is 53.9 Å². The van der Waals surface area contributed by atoms with Crippen LogP contribution in [0.1, 0.15) is 5.56 Å². The maximum absolute atomic E-state index is 12.2. The Balaban J connectivity index is 1.99. The van der Waals surface area contributed by atoms with Crippen molar-refractivity contribution in [2.75, 3.05) is 47.4 Å². The second-order valence-electron chi connectivity index (χ2n) is 5.45. The Morgan fingerprint density at radius 3 is 2.45 bits per heavy atom. The van der Waals surface area contributed by atoms with Crippen LogP contribution in [-0.4, -0.2) is 58.4 Å². The number of quaternary nitrogens is 1. The number of benzene rings is 1. The summed E-state index contributed by atoms with van der Waals surface area (Å²) in [6, 6.07) is 3.65. The molecule has 2 N–H and O–H groups in total. The van der Waals surface area contributed by atoms with Crippen molar-refractivity contribution in [2.45, 2.75) is 6.42 Å². The predicted octanol–water partition coefficient (Wildman–Crippen LogP) is -0.130. The van der Waals surface area contributed by atoms with Crippen LogP contribution in [0.2, 0.25) is 0 Å². The SMILES string of the molecule is COc1cc(Br)c(CC(=O)NN2CC[NH+](C)CC2)cc1OC. The number of nitrogens with zero attached hydrogens (tertiary/aromatic N) is 1. The molecule has 0 saturated carbocycles. The Morgan fingerprint density at radius 2 is 1.86 bits per heavy atom. The number of likely N-dealkylation sites (N-methyl/N-ethyl adjacent to an activating group) is 1. The lowest BCUT2D eigenvalue weighted by molar-refractivity contribution is -0.884. The summed E-state index contributed by atoms with van der Waals surface area (Å²) in [5.74, 6) is 1.24. The first-order valence-electron chi connectivity index (χ1n) is 7.29. The third kappa shape index (κ3) is 4.34. The summed E-state index contributed by atoms with van der Waals surface area (Å²) in [6.45, 7) is 3.84. The molecule has 0 aromatic heterocycles. The minimum atomic E-state index is -0.0209. The Hall–Kier alpha value is -1.31. The first-order chi connectivity index (χ1) is 10.5. The number of ether oxygens (including phenoxy) is 2. The lowest BCUT2D eigenvalue weighted by Crippen LogP contribution is -3.12. The van der Waals surface area contributed by atoms with Crippen LogP contribution in [0.5, 0.6) is 11.5 Å². The maximum Gasteiger partial charge on any atom is 0.238 e. The number of piperazine rings is 1. The van der Waals surface area contributed by atoms with Crippen LogP contribution in [0.4, 0.5) is 0 Å². The van der Waals surface area contributed by atoms with Gasteiger partial charge in [0, 0.05) is 4.47 Å². The number of amides is 1. The van der Waals surface area contributed by atoms with Crippen molar-refractivity contribution in [1.29, 1.82) is 0 Å². The second-order valence-corrected chi connectivity index (χ2v) is 6.31. The molecule has 0 atom stereocenters. The van der Waals surface area contributed by atoms with E-state index in [0.717, 1.165) is 36.2 Å². The number of nitrogens with one attached hydrogen (secondary N) is 2. The van der Waals surface area contributed by atoms with Gasteiger partial charge in [0.15, 0.2) is 11.5 Å². The van der Waals surface area contributed by atoms with E-state index in [1.165, 1.54) is 4.90 Å². The number of hydrogen-bond donors (Lipinski definition) is 2. The van der Waals surface area contributed by atoms with Crippen molar-refractivity contribution in [1.82, 2.24) is 10.4 Å². The fraction of sp³-hybridized carbons (Fsp3) is 0.533. The van der Waals surface area contributed by atoms with Crippen molar-refractivity contribution in [3.05, 3.63) is 22.2 Å². The van der Waals surface area contributed by atoms with Gasteiger partial charge in [0.25, 0.3) is 0 Å². The van der Waals surface area contributed by atoms with Crippen molar-refractivity contribution in [2.24, 2.45) is 0 Å². The zero-order valence-electron chi connectivity index (χ0n) is 13.2. The van der Waals surface area contributed by atoms with Gasteiger partial charge in [-0.2, -0.15) is 0 Å². The molecule has 6 nitrogen and oxygen atoms in total. The van der Waals surface area contributed by atoms with Crippen LogP contribution in [0.25, 0.3) is 0 Å². The van der Waals surface area contributed by atoms with Gasteiger partial charge in [-0.15, -0.1) is 0 Å². The van der Waals surface area contributed by atoms with Crippen molar-refractivity contribution in [3.8, 4) is 11.5 Å². The number of hydrogen-bond acceptors (Lipinski definition) is 4. The van der Waals surface area contributed by atoms with E-state index in [2.05, 4.69) is 28.4 Å². The molecule has 1 heterocycles. The van der Waals surface area contributed by atoms with Crippen molar-refractivity contribution in [3.63, 3.8) is 0 Å². The van der Waals surface area contributed by atoms with Gasteiger partial charge in [-0.25, -0.2) is 5.01 Å². The highest BCUT2D eigenvalue weighted by atomic mass is 79.9. The number of carbonyl (C=O) groups excluding carboxylic acids is 1. The average molecular weight is 373 g/mol. The Kier molecular flexibility index (Phi) is 6.05. The van der Waals surface area contributed by atoms with Crippen LogP contribution in [0.3, 0.4) is 0 Å². The molecular weight excluding hydrogens is 350 g/mol. The summed E-state index contributed by atoms with van der Waals surface area (Å²) >= 11 is 3.48. The minimum absolute atomic E-state index is 0.0209. The van der Waals surface area contributed by atoms with Crippen LogP contribution < -0.4 is 19.8 Å². The topological polar surface area (TPSA) is 55.2 Å². The van der Waals surface area contributed by atoms with E-state index < -0.39 is 0 Å². The zero-order chi connectivity index (χ0) is 16.1. The molecule has 0 radical (unpaired) electrons. The summed E-state index contributed by atoms with van der Waals surface area (Å²) < 4.78 is 11.4. The predicted molar refractivity (Wildman–Crippen MR) is 87.3 cm³/mol. The summed E-state index contributed by atoms with van der Waals surface area (Å²) in [7, 11) is 5.34. The van der Waals surface area contributed by atoms with Crippen LogP contribution >= 0.6 is 15.9 Å². The molecule has 0 aliphatic carbocycles. The molecule has 1 aliphatic heterocycles. The molecule has 1 aromatic carbocycles. The average Bonchev–Trinajstić information content (AvgIpc) is 2.51. The largest absolute Gasteiger partial charge is 0.493 e. The number of carbonyl (C=O) groups is 1. The third-order valence-electron chi connectivity index (χ3n) is 3.80. The van der Waals surface area contributed by atoms with E-state index in [4.69, 9.17) is 9.47 Å². The number of halogens is 1. The van der Waals surface area contributed by atoms with Gasteiger partial charge < -0.3 is 14.4 Å². The highest BCUT2D eigenvalue weighted by Crippen LogP contribution is 2.33. The normalized spacial score (nSPS) is 16.4. The summed E-state index contributed by atoms with van der Waals surface area (Å²) in [5, 5.41) is 1.99. The summed E-state index contributed by atoms with van der Waals surface area (Å²) in [4.78, 5) is 13.7.